The van der Waals surface area contributed by atoms with Crippen LogP contribution in [0.2, 0.25) is 0 Å². The van der Waals surface area contributed by atoms with Crippen LogP contribution in [0.1, 0.15) is 10.4 Å². The molecule has 0 amide bonds. The fourth-order valence-electron chi connectivity index (χ4n) is 3.25. The van der Waals surface area contributed by atoms with E-state index in [9.17, 15) is 17.6 Å². The third kappa shape index (κ3) is 3.73. The minimum atomic E-state index is -3.67. The first-order valence-corrected chi connectivity index (χ1v) is 10.3. The van der Waals surface area contributed by atoms with E-state index >= 15 is 0 Å². The molecule has 0 bridgehead atoms. The number of carbonyl (C=O) groups is 1. The molecule has 2 heterocycles. The Morgan fingerprint density at radius 1 is 0.964 bits per heavy atom. The number of hydrogen-bond donors (Lipinski definition) is 0. The summed E-state index contributed by atoms with van der Waals surface area (Å²) in [5.74, 6) is 0.635. The molecule has 0 aliphatic carbocycles. The van der Waals surface area contributed by atoms with Gasteiger partial charge in [-0.1, -0.05) is 0 Å². The number of ketones is 1. The molecule has 0 unspecified atom stereocenters. The van der Waals surface area contributed by atoms with Gasteiger partial charge in [0.25, 0.3) is 0 Å². The molecule has 1 saturated heterocycles. The summed E-state index contributed by atoms with van der Waals surface area (Å²) in [5.41, 5.74) is 0.533. The smallest absolute Gasteiger partial charge is 0.243 e. The fraction of sp³-hybridized carbons (Fsp3) is 0.316. The van der Waals surface area contributed by atoms with Crippen LogP contribution < -0.4 is 9.47 Å². The van der Waals surface area contributed by atoms with E-state index in [1.54, 1.807) is 18.2 Å². The summed E-state index contributed by atoms with van der Waals surface area (Å²) >= 11 is 0. The van der Waals surface area contributed by atoms with Gasteiger partial charge in [0.2, 0.25) is 16.8 Å². The zero-order valence-corrected chi connectivity index (χ0v) is 15.8. The van der Waals surface area contributed by atoms with Crippen molar-refractivity contribution in [1.29, 1.82) is 0 Å². The van der Waals surface area contributed by atoms with Crippen molar-refractivity contribution in [2.75, 3.05) is 39.5 Å². The number of sulfonamides is 1. The Morgan fingerprint density at radius 2 is 1.64 bits per heavy atom. The molecule has 1 fully saturated rings. The topological polar surface area (TPSA) is 76.2 Å². The lowest BCUT2D eigenvalue weighted by Crippen LogP contribution is -2.49. The number of ether oxygens (including phenoxy) is 2. The van der Waals surface area contributed by atoms with E-state index < -0.39 is 15.8 Å². The molecule has 0 radical (unpaired) electrons. The summed E-state index contributed by atoms with van der Waals surface area (Å²) < 4.78 is 50.2. The summed E-state index contributed by atoms with van der Waals surface area (Å²) in [6.45, 7) is 1.78. The standard InChI is InChI=1S/C19H19FN2O5S/c20-15-2-4-16(5-3-15)28(24,25)22-9-7-21(8-10-22)12-17(23)14-1-6-18-19(11-14)27-13-26-18/h1-6,11H,7-10,12-13H2. The molecule has 9 heteroatoms. The molecule has 0 spiro atoms. The van der Waals surface area contributed by atoms with Gasteiger partial charge in [-0.25, -0.2) is 12.8 Å². The Balaban J connectivity index is 1.36. The van der Waals surface area contributed by atoms with Gasteiger partial charge in [0.1, 0.15) is 5.82 Å². The van der Waals surface area contributed by atoms with E-state index in [4.69, 9.17) is 9.47 Å². The van der Waals surface area contributed by atoms with Gasteiger partial charge in [-0.3, -0.25) is 9.69 Å². The van der Waals surface area contributed by atoms with Crippen LogP contribution in [-0.2, 0) is 10.0 Å². The molecule has 148 valence electrons. The molecule has 0 atom stereocenters. The van der Waals surface area contributed by atoms with Gasteiger partial charge in [-0.05, 0) is 42.5 Å². The second-order valence-corrected chi connectivity index (χ2v) is 8.56. The first-order chi connectivity index (χ1) is 13.4. The van der Waals surface area contributed by atoms with Gasteiger partial charge >= 0.3 is 0 Å². The zero-order chi connectivity index (χ0) is 19.7. The van der Waals surface area contributed by atoms with E-state index in [0.29, 0.717) is 30.2 Å². The molecule has 2 aromatic rings. The zero-order valence-electron chi connectivity index (χ0n) is 15.0. The van der Waals surface area contributed by atoms with E-state index in [2.05, 4.69) is 0 Å². The van der Waals surface area contributed by atoms with Gasteiger partial charge in [-0.15, -0.1) is 0 Å². The molecule has 0 saturated carbocycles. The molecule has 0 aromatic heterocycles. The Kier molecular flexibility index (Phi) is 5.05. The van der Waals surface area contributed by atoms with E-state index in [1.165, 1.54) is 16.4 Å². The number of benzene rings is 2. The lowest BCUT2D eigenvalue weighted by Gasteiger charge is -2.33. The summed E-state index contributed by atoms with van der Waals surface area (Å²) in [5, 5.41) is 0. The van der Waals surface area contributed by atoms with E-state index in [-0.39, 0.29) is 37.1 Å². The molecule has 28 heavy (non-hydrogen) atoms. The van der Waals surface area contributed by atoms with Crippen molar-refractivity contribution in [2.24, 2.45) is 0 Å². The number of piperazine rings is 1. The minimum Gasteiger partial charge on any atom is -0.454 e. The SMILES string of the molecule is O=C(CN1CCN(S(=O)(=O)c2ccc(F)cc2)CC1)c1ccc2c(c1)OCO2. The second-order valence-electron chi connectivity index (χ2n) is 6.63. The van der Waals surface area contributed by atoms with Gasteiger partial charge in [0.15, 0.2) is 17.3 Å². The van der Waals surface area contributed by atoms with E-state index in [0.717, 1.165) is 12.1 Å². The average Bonchev–Trinajstić information content (AvgIpc) is 3.16. The Morgan fingerprint density at radius 3 is 2.36 bits per heavy atom. The van der Waals surface area contributed by atoms with Gasteiger partial charge in [-0.2, -0.15) is 4.31 Å². The van der Waals surface area contributed by atoms with Crippen LogP contribution in [0.25, 0.3) is 0 Å². The van der Waals surface area contributed by atoms with Crippen LogP contribution in [0.4, 0.5) is 4.39 Å². The number of halogens is 1. The highest BCUT2D eigenvalue weighted by atomic mass is 32.2. The lowest BCUT2D eigenvalue weighted by atomic mass is 10.1. The van der Waals surface area contributed by atoms with Crippen molar-refractivity contribution in [3.63, 3.8) is 0 Å². The Bertz CT molecular complexity index is 986. The first-order valence-electron chi connectivity index (χ1n) is 8.84. The largest absolute Gasteiger partial charge is 0.454 e. The number of hydrogen-bond acceptors (Lipinski definition) is 6. The number of Topliss-reactive ketones (excluding diaryl/α,β-unsaturated/α-hetero) is 1. The maximum absolute atomic E-state index is 13.0. The van der Waals surface area contributed by atoms with Crippen LogP contribution in [0.5, 0.6) is 11.5 Å². The van der Waals surface area contributed by atoms with Crippen molar-refractivity contribution in [3.8, 4) is 11.5 Å². The molecule has 2 aliphatic heterocycles. The molecule has 7 nitrogen and oxygen atoms in total. The maximum atomic E-state index is 13.0. The van der Waals surface area contributed by atoms with Crippen LogP contribution in [-0.4, -0.2) is 62.9 Å². The molecular weight excluding hydrogens is 387 g/mol. The predicted octanol–water partition coefficient (Wildman–Crippen LogP) is 1.74. The van der Waals surface area contributed by atoms with Crippen LogP contribution >= 0.6 is 0 Å². The van der Waals surface area contributed by atoms with Crippen molar-refractivity contribution >= 4 is 15.8 Å². The maximum Gasteiger partial charge on any atom is 0.243 e. The number of fused-ring (bicyclic) bond motifs is 1. The highest BCUT2D eigenvalue weighted by Crippen LogP contribution is 2.32. The molecular formula is C19H19FN2O5S. The first kappa shape index (κ1) is 18.9. The van der Waals surface area contributed by atoms with Crippen molar-refractivity contribution in [3.05, 3.63) is 53.8 Å². The van der Waals surface area contributed by atoms with Crippen LogP contribution in [0.15, 0.2) is 47.4 Å². The summed E-state index contributed by atoms with van der Waals surface area (Å²) in [6.07, 6.45) is 0. The second kappa shape index (κ2) is 7.50. The molecule has 2 aromatic carbocycles. The Labute approximate surface area is 162 Å². The Hall–Kier alpha value is -2.49. The highest BCUT2D eigenvalue weighted by Gasteiger charge is 2.29. The summed E-state index contributed by atoms with van der Waals surface area (Å²) in [4.78, 5) is 14.5. The van der Waals surface area contributed by atoms with Gasteiger partial charge < -0.3 is 9.47 Å². The van der Waals surface area contributed by atoms with Crippen LogP contribution in [0.3, 0.4) is 0 Å². The van der Waals surface area contributed by atoms with Crippen molar-refractivity contribution < 1.29 is 27.1 Å². The van der Waals surface area contributed by atoms with Crippen molar-refractivity contribution in [1.82, 2.24) is 9.21 Å². The van der Waals surface area contributed by atoms with Gasteiger partial charge in [0.05, 0.1) is 11.4 Å². The molecule has 0 N–H and O–H groups in total. The predicted molar refractivity (Wildman–Crippen MR) is 98.5 cm³/mol. The summed E-state index contributed by atoms with van der Waals surface area (Å²) in [6, 6.07) is 9.87. The van der Waals surface area contributed by atoms with E-state index in [1.807, 2.05) is 4.90 Å². The van der Waals surface area contributed by atoms with Crippen molar-refractivity contribution in [2.45, 2.75) is 4.90 Å². The third-order valence-corrected chi connectivity index (χ3v) is 6.76. The molecule has 4 rings (SSSR count). The monoisotopic (exact) mass is 406 g/mol. The van der Waals surface area contributed by atoms with Gasteiger partial charge in [0, 0.05) is 31.7 Å². The number of carbonyl (C=O) groups excluding carboxylic acids is 1. The third-order valence-electron chi connectivity index (χ3n) is 4.84. The summed E-state index contributed by atoms with van der Waals surface area (Å²) in [7, 11) is -3.67. The lowest BCUT2D eigenvalue weighted by molar-refractivity contribution is 0.0901. The highest BCUT2D eigenvalue weighted by molar-refractivity contribution is 7.89. The quantitative estimate of drug-likeness (QED) is 0.704. The number of rotatable bonds is 5. The minimum absolute atomic E-state index is 0.0619. The fourth-order valence-corrected chi connectivity index (χ4v) is 4.67. The normalized spacial score (nSPS) is 17.6. The number of nitrogens with zero attached hydrogens (tertiary/aromatic N) is 2. The average molecular weight is 406 g/mol. The molecule has 2 aliphatic rings. The van der Waals surface area contributed by atoms with Crippen LogP contribution in [0, 0.1) is 5.82 Å².